The first-order valence-corrected chi connectivity index (χ1v) is 6.53. The molecule has 0 saturated heterocycles. The van der Waals surface area contributed by atoms with Gasteiger partial charge in [-0.1, -0.05) is 0 Å². The fourth-order valence-electron chi connectivity index (χ4n) is 1.12. The summed E-state index contributed by atoms with van der Waals surface area (Å²) in [6, 6.07) is 0. The first-order chi connectivity index (χ1) is 7.70. The van der Waals surface area contributed by atoms with Crippen LogP contribution < -0.4 is 0 Å². The van der Waals surface area contributed by atoms with Gasteiger partial charge in [0.05, 0.1) is 19.0 Å². The molecule has 1 unspecified atom stereocenters. The Kier molecular flexibility index (Phi) is 6.74. The second-order valence-electron chi connectivity index (χ2n) is 3.55. The average Bonchev–Trinajstić information content (AvgIpc) is 2.10. The number of hydrogen-bond donors (Lipinski definition) is 1. The lowest BCUT2D eigenvalue weighted by atomic mass is 10.1. The van der Waals surface area contributed by atoms with Crippen molar-refractivity contribution < 1.29 is 32.0 Å². The molecule has 0 spiro atoms. The van der Waals surface area contributed by atoms with Crippen LogP contribution in [0.25, 0.3) is 0 Å². The molecule has 100 valence electrons. The molecule has 17 heavy (non-hydrogen) atoms. The summed E-state index contributed by atoms with van der Waals surface area (Å²) in [7, 11) is -4.15. The monoisotopic (exact) mass is 268 g/mol. The van der Waals surface area contributed by atoms with Crippen molar-refractivity contribution in [3.8, 4) is 0 Å². The molecule has 0 radical (unpaired) electrons. The van der Waals surface area contributed by atoms with Crippen LogP contribution in [0.4, 0.5) is 0 Å². The van der Waals surface area contributed by atoms with E-state index in [1.54, 1.807) is 0 Å². The molecule has 0 rings (SSSR count). The van der Waals surface area contributed by atoms with E-state index >= 15 is 0 Å². The maximum Gasteiger partial charge on any atom is 0.302 e. The lowest BCUT2D eigenvalue weighted by Gasteiger charge is -2.14. The molecule has 1 atom stereocenters. The Morgan fingerprint density at radius 3 is 2.12 bits per heavy atom. The third-order valence-corrected chi connectivity index (χ3v) is 2.69. The largest absolute Gasteiger partial charge is 0.466 e. The highest BCUT2D eigenvalue weighted by molar-refractivity contribution is 7.85. The number of rotatable bonds is 7. The highest BCUT2D eigenvalue weighted by atomic mass is 32.2. The number of carbonyl (C=O) groups is 2. The van der Waals surface area contributed by atoms with Gasteiger partial charge in [-0.2, -0.15) is 8.42 Å². The minimum Gasteiger partial charge on any atom is -0.466 e. The number of carbonyl (C=O) groups excluding carboxylic acids is 2. The predicted octanol–water partition coefficient (Wildman–Crippen LogP) is 0.00670. The van der Waals surface area contributed by atoms with E-state index in [2.05, 4.69) is 9.47 Å². The van der Waals surface area contributed by atoms with Crippen LogP contribution in [0.1, 0.15) is 20.3 Å². The third kappa shape index (κ3) is 11.1. The minimum atomic E-state index is -4.15. The maximum absolute atomic E-state index is 10.7. The van der Waals surface area contributed by atoms with Crippen LogP contribution in [0.3, 0.4) is 0 Å². The van der Waals surface area contributed by atoms with Gasteiger partial charge in [0.2, 0.25) is 0 Å². The summed E-state index contributed by atoms with van der Waals surface area (Å²) in [5.41, 5.74) is 0. The van der Waals surface area contributed by atoms with Crippen molar-refractivity contribution in [2.45, 2.75) is 20.3 Å². The van der Waals surface area contributed by atoms with Gasteiger partial charge in [0, 0.05) is 19.8 Å². The maximum atomic E-state index is 10.7. The van der Waals surface area contributed by atoms with Gasteiger partial charge in [0.1, 0.15) is 0 Å². The topological polar surface area (TPSA) is 107 Å². The van der Waals surface area contributed by atoms with E-state index in [-0.39, 0.29) is 19.6 Å². The second-order valence-corrected chi connectivity index (χ2v) is 5.04. The molecule has 0 aliphatic carbocycles. The lowest BCUT2D eigenvalue weighted by Crippen LogP contribution is -2.23. The van der Waals surface area contributed by atoms with Crippen molar-refractivity contribution in [2.24, 2.45) is 5.92 Å². The van der Waals surface area contributed by atoms with Gasteiger partial charge in [-0.15, -0.1) is 0 Å². The Hall–Kier alpha value is -1.15. The van der Waals surface area contributed by atoms with Crippen LogP contribution >= 0.6 is 0 Å². The van der Waals surface area contributed by atoms with Gasteiger partial charge >= 0.3 is 11.9 Å². The highest BCUT2D eigenvalue weighted by Crippen LogP contribution is 2.08. The summed E-state index contributed by atoms with van der Waals surface area (Å²) in [6.07, 6.45) is 0.187. The molecule has 8 heteroatoms. The van der Waals surface area contributed by atoms with Gasteiger partial charge in [0.25, 0.3) is 10.1 Å². The summed E-state index contributed by atoms with van der Waals surface area (Å²) >= 11 is 0. The average molecular weight is 268 g/mol. The predicted molar refractivity (Wildman–Crippen MR) is 57.8 cm³/mol. The zero-order valence-electron chi connectivity index (χ0n) is 9.71. The fourth-order valence-corrected chi connectivity index (χ4v) is 1.98. The molecule has 0 saturated carbocycles. The Bertz CT molecular complexity index is 360. The van der Waals surface area contributed by atoms with Crippen LogP contribution in [-0.4, -0.2) is 43.9 Å². The van der Waals surface area contributed by atoms with Crippen LogP contribution in [0.2, 0.25) is 0 Å². The summed E-state index contributed by atoms with van der Waals surface area (Å²) in [6.45, 7) is 2.29. The third-order valence-electron chi connectivity index (χ3n) is 1.80. The fraction of sp³-hybridized carbons (Fsp3) is 0.778. The van der Waals surface area contributed by atoms with Crippen LogP contribution in [0, 0.1) is 5.92 Å². The standard InChI is InChI=1S/C9H16O7S/c1-7(10)15-4-3-9(5-16-8(2)11)6-17(12,13)14/h9H,3-6H2,1-2H3,(H,12,13,14). The molecule has 1 N–H and O–H groups in total. The van der Waals surface area contributed by atoms with E-state index < -0.39 is 33.7 Å². The second kappa shape index (κ2) is 7.23. The molecule has 0 aromatic rings. The normalized spacial score (nSPS) is 12.9. The zero-order valence-corrected chi connectivity index (χ0v) is 10.5. The molecule has 0 amide bonds. The summed E-state index contributed by atoms with van der Waals surface area (Å²) < 4.78 is 39.4. The SMILES string of the molecule is CC(=O)OCCC(COC(C)=O)CS(=O)(=O)O. The van der Waals surface area contributed by atoms with Crippen molar-refractivity contribution in [3.63, 3.8) is 0 Å². The molecule has 0 heterocycles. The molecule has 0 fully saturated rings. The van der Waals surface area contributed by atoms with Crippen molar-refractivity contribution in [2.75, 3.05) is 19.0 Å². The Morgan fingerprint density at radius 1 is 1.18 bits per heavy atom. The quantitative estimate of drug-likeness (QED) is 0.511. The van der Waals surface area contributed by atoms with Crippen molar-refractivity contribution in [1.82, 2.24) is 0 Å². The van der Waals surface area contributed by atoms with E-state index in [9.17, 15) is 18.0 Å². The van der Waals surface area contributed by atoms with E-state index in [0.717, 1.165) is 0 Å². The van der Waals surface area contributed by atoms with E-state index in [1.165, 1.54) is 13.8 Å². The van der Waals surface area contributed by atoms with Crippen molar-refractivity contribution >= 4 is 22.1 Å². The summed E-state index contributed by atoms with van der Waals surface area (Å²) in [5.74, 6) is -2.17. The van der Waals surface area contributed by atoms with Crippen molar-refractivity contribution in [1.29, 1.82) is 0 Å². The van der Waals surface area contributed by atoms with Crippen LogP contribution in [0.15, 0.2) is 0 Å². The minimum absolute atomic E-state index is 0.0107. The van der Waals surface area contributed by atoms with Gasteiger partial charge in [-0.25, -0.2) is 0 Å². The molecular weight excluding hydrogens is 252 g/mol. The Balaban J connectivity index is 4.20. The highest BCUT2D eigenvalue weighted by Gasteiger charge is 2.18. The van der Waals surface area contributed by atoms with E-state index in [1.807, 2.05) is 0 Å². The molecule has 7 nitrogen and oxygen atoms in total. The summed E-state index contributed by atoms with van der Waals surface area (Å²) in [4.78, 5) is 21.1. The molecule has 0 aliphatic rings. The Labute approximate surface area is 99.8 Å². The molecule has 0 bridgehead atoms. The van der Waals surface area contributed by atoms with Gasteiger partial charge in [-0.05, 0) is 6.42 Å². The molecule has 0 aromatic carbocycles. The lowest BCUT2D eigenvalue weighted by molar-refractivity contribution is -0.144. The number of esters is 2. The molecular formula is C9H16O7S. The summed E-state index contributed by atoms with van der Waals surface area (Å²) in [5, 5.41) is 0. The van der Waals surface area contributed by atoms with E-state index in [0.29, 0.717) is 0 Å². The van der Waals surface area contributed by atoms with Gasteiger partial charge in [0.15, 0.2) is 0 Å². The molecule has 0 aliphatic heterocycles. The van der Waals surface area contributed by atoms with Gasteiger partial charge < -0.3 is 9.47 Å². The van der Waals surface area contributed by atoms with Gasteiger partial charge in [-0.3, -0.25) is 14.1 Å². The smallest absolute Gasteiger partial charge is 0.302 e. The first-order valence-electron chi connectivity index (χ1n) is 4.92. The number of ether oxygens (including phenoxy) is 2. The number of hydrogen-bond acceptors (Lipinski definition) is 6. The zero-order chi connectivity index (χ0) is 13.5. The first kappa shape index (κ1) is 15.9. The van der Waals surface area contributed by atoms with Crippen LogP contribution in [0.5, 0.6) is 0 Å². The molecule has 0 aromatic heterocycles. The van der Waals surface area contributed by atoms with E-state index in [4.69, 9.17) is 4.55 Å². The van der Waals surface area contributed by atoms with Crippen LogP contribution in [-0.2, 0) is 29.2 Å². The van der Waals surface area contributed by atoms with Crippen molar-refractivity contribution in [3.05, 3.63) is 0 Å². The Morgan fingerprint density at radius 2 is 1.71 bits per heavy atom.